The largest absolute Gasteiger partial charge is 0.259 e. The summed E-state index contributed by atoms with van der Waals surface area (Å²) < 4.78 is 0. The fourth-order valence-electron chi connectivity index (χ4n) is 0.594. The molecule has 0 N–H and O–H groups in total. The van der Waals surface area contributed by atoms with E-state index in [1.54, 1.807) is 5.38 Å². The van der Waals surface area contributed by atoms with Crippen LogP contribution in [0.5, 0.6) is 0 Å². The maximum absolute atomic E-state index is 9.87. The molecule has 0 saturated heterocycles. The molecule has 0 unspecified atom stereocenters. The van der Waals surface area contributed by atoms with Gasteiger partial charge in [-0.3, -0.25) is 10.1 Å². The number of aromatic nitrogens is 1. The highest BCUT2D eigenvalue weighted by Gasteiger charge is 1.94. The van der Waals surface area contributed by atoms with E-state index in [0.717, 1.165) is 11.2 Å². The van der Waals surface area contributed by atoms with Crippen LogP contribution in [-0.4, -0.2) is 9.91 Å². The molecule has 58 valence electrons. The Morgan fingerprint density at radius 3 is 3.00 bits per heavy atom. The van der Waals surface area contributed by atoms with Crippen molar-refractivity contribution in [1.82, 2.24) is 4.98 Å². The lowest BCUT2D eigenvalue weighted by molar-refractivity contribution is -0.401. The Bertz CT molecular complexity index is 293. The first-order chi connectivity index (χ1) is 5.18. The number of hydrogen-bond donors (Lipinski definition) is 0. The maximum Gasteiger partial charge on any atom is 0.236 e. The van der Waals surface area contributed by atoms with Crippen LogP contribution in [0.1, 0.15) is 10.7 Å². The minimum absolute atomic E-state index is 0.505. The van der Waals surface area contributed by atoms with Crippen molar-refractivity contribution in [3.05, 3.63) is 32.4 Å². The van der Waals surface area contributed by atoms with E-state index in [9.17, 15) is 10.1 Å². The van der Waals surface area contributed by atoms with Gasteiger partial charge in [0.15, 0.2) is 0 Å². The van der Waals surface area contributed by atoms with Crippen LogP contribution in [-0.2, 0) is 0 Å². The summed E-state index contributed by atoms with van der Waals surface area (Å²) in [6, 6.07) is 0. The van der Waals surface area contributed by atoms with E-state index in [4.69, 9.17) is 0 Å². The SMILES string of the molecule is Cc1nc(C=C[N+](=O)[O-])cs1. The van der Waals surface area contributed by atoms with Crippen molar-refractivity contribution in [1.29, 1.82) is 0 Å². The molecule has 0 amide bonds. The van der Waals surface area contributed by atoms with Crippen LogP contribution in [0, 0.1) is 17.0 Å². The summed E-state index contributed by atoms with van der Waals surface area (Å²) in [4.78, 5) is 13.4. The van der Waals surface area contributed by atoms with E-state index in [0.29, 0.717) is 5.69 Å². The summed E-state index contributed by atoms with van der Waals surface area (Å²) >= 11 is 1.47. The molecule has 0 aliphatic carbocycles. The van der Waals surface area contributed by atoms with Gasteiger partial charge in [-0.25, -0.2) is 4.98 Å². The van der Waals surface area contributed by atoms with Gasteiger partial charge >= 0.3 is 0 Å². The van der Waals surface area contributed by atoms with Gasteiger partial charge in [-0.1, -0.05) is 0 Å². The topological polar surface area (TPSA) is 56.0 Å². The first-order valence-electron chi connectivity index (χ1n) is 2.92. The van der Waals surface area contributed by atoms with E-state index in [1.807, 2.05) is 6.92 Å². The van der Waals surface area contributed by atoms with Crippen molar-refractivity contribution in [2.75, 3.05) is 0 Å². The standard InChI is InChI=1S/C6H6N2O2S/c1-5-7-6(4-11-5)2-3-8(9)10/h2-4H,1H3. The van der Waals surface area contributed by atoms with Gasteiger partial charge < -0.3 is 0 Å². The van der Waals surface area contributed by atoms with Gasteiger partial charge in [0, 0.05) is 11.5 Å². The van der Waals surface area contributed by atoms with E-state index >= 15 is 0 Å². The monoisotopic (exact) mass is 170 g/mol. The van der Waals surface area contributed by atoms with Gasteiger partial charge in [-0.2, -0.15) is 0 Å². The molecule has 0 aliphatic heterocycles. The van der Waals surface area contributed by atoms with E-state index in [2.05, 4.69) is 4.98 Å². The van der Waals surface area contributed by atoms with Gasteiger partial charge in [-0.15, -0.1) is 11.3 Å². The van der Waals surface area contributed by atoms with Crippen LogP contribution in [0.25, 0.3) is 6.08 Å². The van der Waals surface area contributed by atoms with E-state index < -0.39 is 4.92 Å². The third-order valence-electron chi connectivity index (χ3n) is 1.00. The molecule has 0 atom stereocenters. The number of thiazole rings is 1. The number of nitrogens with zero attached hydrogens (tertiary/aromatic N) is 2. The quantitative estimate of drug-likeness (QED) is 0.501. The van der Waals surface area contributed by atoms with Crippen LogP contribution < -0.4 is 0 Å². The highest BCUT2D eigenvalue weighted by atomic mass is 32.1. The molecule has 0 aliphatic rings. The Morgan fingerprint density at radius 2 is 2.55 bits per heavy atom. The smallest absolute Gasteiger partial charge is 0.236 e. The van der Waals surface area contributed by atoms with Gasteiger partial charge in [0.2, 0.25) is 6.20 Å². The maximum atomic E-state index is 9.87. The molecule has 5 heteroatoms. The zero-order valence-electron chi connectivity index (χ0n) is 5.85. The lowest BCUT2D eigenvalue weighted by Gasteiger charge is -1.78. The van der Waals surface area contributed by atoms with Crippen molar-refractivity contribution in [3.63, 3.8) is 0 Å². The van der Waals surface area contributed by atoms with Gasteiger partial charge in [0.25, 0.3) is 0 Å². The number of nitro groups is 1. The number of rotatable bonds is 2. The predicted molar refractivity (Wildman–Crippen MR) is 42.9 cm³/mol. The van der Waals surface area contributed by atoms with E-state index in [1.165, 1.54) is 17.4 Å². The second-order valence-corrected chi connectivity index (χ2v) is 2.95. The molecule has 1 heterocycles. The van der Waals surface area contributed by atoms with Crippen LogP contribution in [0.15, 0.2) is 11.6 Å². The Labute approximate surface area is 67.3 Å². The molecule has 0 saturated carbocycles. The van der Waals surface area contributed by atoms with Crippen molar-refractivity contribution in [2.45, 2.75) is 6.92 Å². The lowest BCUT2D eigenvalue weighted by atomic mass is 10.5. The fraction of sp³-hybridized carbons (Fsp3) is 0.167. The van der Waals surface area contributed by atoms with E-state index in [-0.39, 0.29) is 0 Å². The highest BCUT2D eigenvalue weighted by Crippen LogP contribution is 2.08. The second-order valence-electron chi connectivity index (χ2n) is 1.89. The highest BCUT2D eigenvalue weighted by molar-refractivity contribution is 7.09. The first-order valence-corrected chi connectivity index (χ1v) is 3.80. The Balaban J connectivity index is 2.71. The average Bonchev–Trinajstić information content (AvgIpc) is 2.31. The first kappa shape index (κ1) is 7.87. The summed E-state index contributed by atoms with van der Waals surface area (Å²) in [5.41, 5.74) is 0.643. The molecule has 0 bridgehead atoms. The van der Waals surface area contributed by atoms with Crippen LogP contribution in [0.3, 0.4) is 0 Å². The van der Waals surface area contributed by atoms with Crippen molar-refractivity contribution in [3.8, 4) is 0 Å². The summed E-state index contributed by atoms with van der Waals surface area (Å²) in [5.74, 6) is 0. The fourth-order valence-corrected chi connectivity index (χ4v) is 1.17. The third-order valence-corrected chi connectivity index (χ3v) is 1.80. The Morgan fingerprint density at radius 1 is 1.82 bits per heavy atom. The van der Waals surface area contributed by atoms with Crippen LogP contribution in [0.2, 0.25) is 0 Å². The van der Waals surface area contributed by atoms with Gasteiger partial charge in [0.1, 0.15) is 0 Å². The zero-order chi connectivity index (χ0) is 8.27. The molecule has 4 nitrogen and oxygen atoms in total. The zero-order valence-corrected chi connectivity index (χ0v) is 6.67. The molecule has 1 aromatic rings. The normalized spacial score (nSPS) is 10.6. The number of hydrogen-bond acceptors (Lipinski definition) is 4. The molecule has 1 rings (SSSR count). The Hall–Kier alpha value is -1.23. The molecule has 0 radical (unpaired) electrons. The van der Waals surface area contributed by atoms with Crippen molar-refractivity contribution >= 4 is 17.4 Å². The second kappa shape index (κ2) is 3.25. The predicted octanol–water partition coefficient (Wildman–Crippen LogP) is 1.70. The molecular weight excluding hydrogens is 164 g/mol. The lowest BCUT2D eigenvalue weighted by Crippen LogP contribution is -1.82. The summed E-state index contributed by atoms with van der Waals surface area (Å²) in [5, 5.41) is 12.6. The van der Waals surface area contributed by atoms with Crippen molar-refractivity contribution in [2.24, 2.45) is 0 Å². The molecule has 0 aromatic carbocycles. The molecule has 0 fully saturated rings. The summed E-state index contributed by atoms with van der Waals surface area (Å²) in [6.45, 7) is 1.86. The van der Waals surface area contributed by atoms with Gasteiger partial charge in [0.05, 0.1) is 15.6 Å². The summed E-state index contributed by atoms with van der Waals surface area (Å²) in [7, 11) is 0. The molecule has 11 heavy (non-hydrogen) atoms. The van der Waals surface area contributed by atoms with Crippen LogP contribution >= 0.6 is 11.3 Å². The average molecular weight is 170 g/mol. The minimum Gasteiger partial charge on any atom is -0.259 e. The van der Waals surface area contributed by atoms with Crippen molar-refractivity contribution < 1.29 is 4.92 Å². The summed E-state index contributed by atoms with van der Waals surface area (Å²) in [6.07, 6.45) is 2.26. The Kier molecular flexibility index (Phi) is 2.32. The molecule has 1 aromatic heterocycles. The molecule has 0 spiro atoms. The van der Waals surface area contributed by atoms with Crippen LogP contribution in [0.4, 0.5) is 0 Å². The third kappa shape index (κ3) is 2.46. The minimum atomic E-state index is -0.505. The molecular formula is C6H6N2O2S. The van der Waals surface area contributed by atoms with Gasteiger partial charge in [-0.05, 0) is 6.92 Å². The number of aryl methyl sites for hydroxylation is 1.